The molecule has 0 bridgehead atoms. The molecular weight excluding hydrogens is 340 g/mol. The number of carbonyl (C=O) groups is 1. The standard InChI is InChI=1S/C19H28O5S/c1-18-9-7-13(24-25(21,22)23)11-12(18)3-4-14-15-5-6-17(20)19(15,2)10-8-16(14)18/h3,13-16H,4-11H2,1-2H3,(H,21,22,23)/t13-,14-,15?,16?,18-,19-/m0/s1/i7D2,11D2,13D. The Morgan fingerprint density at radius 3 is 2.72 bits per heavy atom. The molecule has 4 aliphatic rings. The van der Waals surface area contributed by atoms with Gasteiger partial charge in [-0.3, -0.25) is 9.35 Å². The molecule has 1 N–H and O–H groups in total. The second-order valence-electron chi connectivity index (χ2n) is 8.38. The number of Topliss-reactive ketones (excluding diaryl/α,β-unsaturated/α-hetero) is 1. The van der Waals surface area contributed by atoms with Gasteiger partial charge in [0.25, 0.3) is 0 Å². The number of fused-ring (bicyclic) bond motifs is 5. The summed E-state index contributed by atoms with van der Waals surface area (Å²) in [4.78, 5) is 12.5. The Morgan fingerprint density at radius 2 is 2.00 bits per heavy atom. The second-order valence-corrected chi connectivity index (χ2v) is 9.41. The number of ketones is 1. The van der Waals surface area contributed by atoms with Crippen LogP contribution in [0.25, 0.3) is 0 Å². The van der Waals surface area contributed by atoms with Gasteiger partial charge >= 0.3 is 10.4 Å². The number of allylic oxidation sites excluding steroid dienone is 1. The van der Waals surface area contributed by atoms with Crippen LogP contribution in [0, 0.1) is 28.6 Å². The Kier molecular flexibility index (Phi) is 2.85. The van der Waals surface area contributed by atoms with E-state index in [1.54, 1.807) is 13.0 Å². The number of hydrogen-bond donors (Lipinski definition) is 1. The zero-order valence-electron chi connectivity index (χ0n) is 19.5. The first kappa shape index (κ1) is 12.6. The summed E-state index contributed by atoms with van der Waals surface area (Å²) in [6.45, 7) is 3.80. The van der Waals surface area contributed by atoms with Gasteiger partial charge in [-0.25, -0.2) is 4.18 Å². The lowest BCUT2D eigenvalue weighted by atomic mass is 9.48. The normalized spacial score (nSPS) is 56.8. The van der Waals surface area contributed by atoms with Gasteiger partial charge in [-0.05, 0) is 68.0 Å². The summed E-state index contributed by atoms with van der Waals surface area (Å²) >= 11 is 0. The van der Waals surface area contributed by atoms with Gasteiger partial charge in [0.1, 0.15) is 5.78 Å². The van der Waals surface area contributed by atoms with E-state index < -0.39 is 34.6 Å². The van der Waals surface area contributed by atoms with Gasteiger partial charge in [0.15, 0.2) is 0 Å². The van der Waals surface area contributed by atoms with E-state index in [9.17, 15) is 13.2 Å². The van der Waals surface area contributed by atoms with Gasteiger partial charge in [0, 0.05) is 17.3 Å². The highest BCUT2D eigenvalue weighted by Gasteiger charge is 2.58. The molecule has 25 heavy (non-hydrogen) atoms. The van der Waals surface area contributed by atoms with Crippen molar-refractivity contribution in [1.82, 2.24) is 0 Å². The predicted octanol–water partition coefficient (Wildman–Crippen LogP) is 3.71. The fraction of sp³-hybridized carbons (Fsp3) is 0.842. The summed E-state index contributed by atoms with van der Waals surface area (Å²) in [5.74, 6) is 0.456. The van der Waals surface area contributed by atoms with Crippen LogP contribution in [0.4, 0.5) is 0 Å². The minimum absolute atomic E-state index is 0.0816. The first-order valence-corrected chi connectivity index (χ1v) is 10.3. The third-order valence-electron chi connectivity index (χ3n) is 7.23. The maximum Gasteiger partial charge on any atom is 0.397 e. The zero-order chi connectivity index (χ0) is 22.5. The average Bonchev–Trinajstić information content (AvgIpc) is 2.87. The molecule has 6 heteroatoms. The molecule has 3 fully saturated rings. The van der Waals surface area contributed by atoms with Crippen molar-refractivity contribution in [3.05, 3.63) is 11.6 Å². The molecule has 0 aromatic carbocycles. The van der Waals surface area contributed by atoms with Gasteiger partial charge in [0.2, 0.25) is 0 Å². The highest BCUT2D eigenvalue weighted by molar-refractivity contribution is 7.80. The average molecular weight is 374 g/mol. The van der Waals surface area contributed by atoms with Crippen molar-refractivity contribution in [2.45, 2.75) is 71.2 Å². The summed E-state index contributed by atoms with van der Waals surface area (Å²) in [5, 5.41) is 0. The van der Waals surface area contributed by atoms with Crippen LogP contribution in [0.15, 0.2) is 11.6 Å². The summed E-state index contributed by atoms with van der Waals surface area (Å²) in [6.07, 6.45) is -4.13. The van der Waals surface area contributed by atoms with Gasteiger partial charge in [-0.1, -0.05) is 25.5 Å². The Morgan fingerprint density at radius 1 is 1.28 bits per heavy atom. The van der Waals surface area contributed by atoms with E-state index in [0.29, 0.717) is 25.7 Å². The molecule has 0 radical (unpaired) electrons. The highest BCUT2D eigenvalue weighted by Crippen LogP contribution is 2.64. The minimum atomic E-state index is -5.26. The van der Waals surface area contributed by atoms with Crippen LogP contribution in [0.2, 0.25) is 0 Å². The van der Waals surface area contributed by atoms with Crippen molar-refractivity contribution in [2.24, 2.45) is 28.6 Å². The van der Waals surface area contributed by atoms with Gasteiger partial charge in [0.05, 0.1) is 7.45 Å². The molecule has 5 nitrogen and oxygen atoms in total. The topological polar surface area (TPSA) is 80.7 Å². The van der Waals surface area contributed by atoms with Crippen molar-refractivity contribution in [3.63, 3.8) is 0 Å². The third-order valence-corrected chi connectivity index (χ3v) is 7.60. The summed E-state index contributed by atoms with van der Waals surface area (Å²) < 4.78 is 78.8. The first-order chi connectivity index (χ1) is 13.5. The SMILES string of the molecule is [2H]C1([2H])C[C@@]2(C)C(=CC[C@@H]3C2CC[C@]2(C)C(=O)CCC32)C([2H])([2H])[C@@]1([2H])OS(=O)(=O)O. The lowest BCUT2D eigenvalue weighted by Crippen LogP contribution is -2.50. The number of rotatable bonds is 2. The molecule has 6 atom stereocenters. The Labute approximate surface area is 157 Å². The molecule has 4 rings (SSSR count). The fourth-order valence-corrected chi connectivity index (χ4v) is 6.18. The molecule has 0 saturated heterocycles. The molecule has 0 aromatic heterocycles. The van der Waals surface area contributed by atoms with E-state index in [0.717, 1.165) is 6.42 Å². The van der Waals surface area contributed by atoms with Crippen molar-refractivity contribution < 1.29 is 28.8 Å². The Hall–Kier alpha value is -0.720. The van der Waals surface area contributed by atoms with Crippen molar-refractivity contribution >= 4 is 16.2 Å². The van der Waals surface area contributed by atoms with E-state index in [4.69, 9.17) is 11.4 Å². The van der Waals surface area contributed by atoms with E-state index in [1.807, 2.05) is 6.92 Å². The van der Waals surface area contributed by atoms with Crippen molar-refractivity contribution in [2.75, 3.05) is 0 Å². The van der Waals surface area contributed by atoms with Gasteiger partial charge in [-0.2, -0.15) is 8.42 Å². The maximum absolute atomic E-state index is 12.5. The molecule has 140 valence electrons. The Bertz CT molecular complexity index is 934. The molecule has 0 amide bonds. The van der Waals surface area contributed by atoms with E-state index in [1.165, 1.54) is 0 Å². The molecular formula is C19H28O5S. The minimum Gasteiger partial charge on any atom is -0.299 e. The highest BCUT2D eigenvalue weighted by atomic mass is 32.3. The second kappa shape index (κ2) is 5.64. The van der Waals surface area contributed by atoms with E-state index in [2.05, 4.69) is 4.18 Å². The fourth-order valence-electron chi connectivity index (χ4n) is 5.87. The lowest BCUT2D eigenvalue weighted by Gasteiger charge is -2.56. The molecule has 0 spiro atoms. The van der Waals surface area contributed by atoms with E-state index >= 15 is 0 Å². The molecule has 0 aliphatic heterocycles. The quantitative estimate of drug-likeness (QED) is 0.589. The van der Waals surface area contributed by atoms with Crippen LogP contribution in [0.1, 0.15) is 72.0 Å². The van der Waals surface area contributed by atoms with Crippen LogP contribution in [0.5, 0.6) is 0 Å². The molecule has 3 saturated carbocycles. The van der Waals surface area contributed by atoms with E-state index in [-0.39, 0.29) is 40.9 Å². The van der Waals surface area contributed by atoms with Gasteiger partial charge < -0.3 is 0 Å². The lowest BCUT2D eigenvalue weighted by molar-refractivity contribution is -0.131. The van der Waals surface area contributed by atoms with Crippen LogP contribution >= 0.6 is 0 Å². The predicted molar refractivity (Wildman–Crippen MR) is 93.1 cm³/mol. The van der Waals surface area contributed by atoms with Crippen LogP contribution < -0.4 is 0 Å². The monoisotopic (exact) mass is 373 g/mol. The van der Waals surface area contributed by atoms with Gasteiger partial charge in [-0.15, -0.1) is 0 Å². The van der Waals surface area contributed by atoms with Crippen molar-refractivity contribution in [1.29, 1.82) is 0 Å². The summed E-state index contributed by atoms with van der Waals surface area (Å²) in [6, 6.07) is 0. The largest absolute Gasteiger partial charge is 0.397 e. The van der Waals surface area contributed by atoms with Crippen LogP contribution in [-0.4, -0.2) is 24.8 Å². The Balaban J connectivity index is 1.81. The molecule has 4 aliphatic carbocycles. The smallest absolute Gasteiger partial charge is 0.299 e. The van der Waals surface area contributed by atoms with Crippen molar-refractivity contribution in [3.8, 4) is 0 Å². The molecule has 0 aromatic rings. The third kappa shape index (κ3) is 2.72. The summed E-state index contributed by atoms with van der Waals surface area (Å²) in [7, 11) is -5.26. The number of hydrogen-bond acceptors (Lipinski definition) is 4. The molecule has 0 heterocycles. The zero-order valence-corrected chi connectivity index (χ0v) is 15.4. The molecule has 2 unspecified atom stereocenters. The van der Waals surface area contributed by atoms with Crippen LogP contribution in [0.3, 0.4) is 0 Å². The summed E-state index contributed by atoms with van der Waals surface area (Å²) in [5.41, 5.74) is -1.17. The van der Waals surface area contributed by atoms with Crippen LogP contribution in [-0.2, 0) is 19.4 Å². The number of carbonyl (C=O) groups excluding carboxylic acids is 1. The maximum atomic E-state index is 12.5. The first-order valence-electron chi connectivity index (χ1n) is 11.4.